The van der Waals surface area contributed by atoms with Crippen molar-refractivity contribution in [3.8, 4) is 5.75 Å². The molecule has 0 radical (unpaired) electrons. The lowest BCUT2D eigenvalue weighted by atomic mass is 9.83. The molecule has 0 bridgehead atoms. The number of para-hydroxylation sites is 1. The van der Waals surface area contributed by atoms with Crippen LogP contribution in [-0.4, -0.2) is 48.9 Å². The van der Waals surface area contributed by atoms with Crippen LogP contribution in [0.4, 0.5) is 0 Å². The van der Waals surface area contributed by atoms with Gasteiger partial charge in [-0.25, -0.2) is 0 Å². The van der Waals surface area contributed by atoms with Crippen LogP contribution in [0.5, 0.6) is 5.75 Å². The van der Waals surface area contributed by atoms with Gasteiger partial charge in [-0.05, 0) is 100.0 Å². The zero-order valence-corrected chi connectivity index (χ0v) is 21.8. The Kier molecular flexibility index (Phi) is 8.11. The number of Topliss-reactive ketones (excluding diaryl/α,β-unsaturated/α-hetero) is 1. The van der Waals surface area contributed by atoms with Crippen LogP contribution in [0.25, 0.3) is 0 Å². The minimum Gasteiger partial charge on any atom is -0.492 e. The summed E-state index contributed by atoms with van der Waals surface area (Å²) >= 11 is 7.63. The zero-order valence-electron chi connectivity index (χ0n) is 20.2. The fourth-order valence-electron chi connectivity index (χ4n) is 5.85. The summed E-state index contributed by atoms with van der Waals surface area (Å²) in [5.74, 6) is 2.05. The lowest BCUT2D eigenvalue weighted by Gasteiger charge is -2.34. The first-order chi connectivity index (χ1) is 17.1. The van der Waals surface area contributed by atoms with Crippen molar-refractivity contribution in [1.29, 1.82) is 0 Å². The van der Waals surface area contributed by atoms with Crippen LogP contribution in [0.15, 0.2) is 35.7 Å². The quantitative estimate of drug-likeness (QED) is 0.488. The fraction of sp³-hybridized carbons (Fsp3) is 0.571. The average molecular weight is 515 g/mol. The van der Waals surface area contributed by atoms with Gasteiger partial charge in [0, 0.05) is 12.0 Å². The lowest BCUT2D eigenvalue weighted by Crippen LogP contribution is -2.44. The van der Waals surface area contributed by atoms with Gasteiger partial charge >= 0.3 is 0 Å². The van der Waals surface area contributed by atoms with E-state index >= 15 is 0 Å². The Morgan fingerprint density at radius 3 is 2.54 bits per heavy atom. The van der Waals surface area contributed by atoms with Gasteiger partial charge in [0.25, 0.3) is 0 Å². The number of carbonyl (C=O) groups excluding carboxylic acids is 2. The third-order valence-electron chi connectivity index (χ3n) is 8.10. The van der Waals surface area contributed by atoms with Gasteiger partial charge in [0.15, 0.2) is 5.78 Å². The summed E-state index contributed by atoms with van der Waals surface area (Å²) in [4.78, 5) is 28.8. The van der Waals surface area contributed by atoms with Crippen LogP contribution >= 0.6 is 22.9 Å². The monoisotopic (exact) mass is 514 g/mol. The largest absolute Gasteiger partial charge is 0.492 e. The lowest BCUT2D eigenvalue weighted by molar-refractivity contribution is -0.127. The number of benzene rings is 1. The SMILES string of the molecule is O=C(c1sccc1Cl)C1CCN(CC[C@H]2CC[C@H](NC(=O)[C@H]3COc4ccccc4C3)CC2)CC1. The second-order valence-electron chi connectivity index (χ2n) is 10.4. The molecule has 1 saturated heterocycles. The highest BCUT2D eigenvalue weighted by Gasteiger charge is 2.30. The van der Waals surface area contributed by atoms with Crippen LogP contribution < -0.4 is 10.1 Å². The third kappa shape index (κ3) is 6.10. The Hall–Kier alpha value is -1.89. The summed E-state index contributed by atoms with van der Waals surface area (Å²) in [6, 6.07) is 10.1. The number of halogens is 1. The number of hydrogen-bond donors (Lipinski definition) is 1. The highest BCUT2D eigenvalue weighted by molar-refractivity contribution is 7.12. The van der Waals surface area contributed by atoms with Gasteiger partial charge in [0.05, 0.1) is 15.8 Å². The topological polar surface area (TPSA) is 58.6 Å². The van der Waals surface area contributed by atoms with E-state index in [0.29, 0.717) is 17.7 Å². The molecule has 2 aromatic rings. The summed E-state index contributed by atoms with van der Waals surface area (Å²) in [6.07, 6.45) is 8.34. The molecule has 1 aromatic heterocycles. The Bertz CT molecular complexity index is 1020. The van der Waals surface area contributed by atoms with Crippen molar-refractivity contribution < 1.29 is 14.3 Å². The Balaban J connectivity index is 0.989. The molecule has 1 saturated carbocycles. The molecule has 3 aliphatic rings. The number of nitrogens with zero attached hydrogens (tertiary/aromatic N) is 1. The number of nitrogens with one attached hydrogen (secondary N) is 1. The van der Waals surface area contributed by atoms with E-state index in [1.54, 1.807) is 0 Å². The number of carbonyl (C=O) groups is 2. The third-order valence-corrected chi connectivity index (χ3v) is 9.45. The highest BCUT2D eigenvalue weighted by Crippen LogP contribution is 2.32. The molecule has 5 nitrogen and oxygen atoms in total. The van der Waals surface area contributed by atoms with Crippen molar-refractivity contribution in [2.45, 2.75) is 57.4 Å². The molecule has 1 amide bonds. The van der Waals surface area contributed by atoms with Crippen molar-refractivity contribution >= 4 is 34.6 Å². The van der Waals surface area contributed by atoms with E-state index in [1.807, 2.05) is 29.6 Å². The van der Waals surface area contributed by atoms with Crippen LogP contribution in [0, 0.1) is 17.8 Å². The van der Waals surface area contributed by atoms with E-state index in [2.05, 4.69) is 16.3 Å². The number of thiophene rings is 1. The van der Waals surface area contributed by atoms with Gasteiger partial charge in [-0.2, -0.15) is 0 Å². The average Bonchev–Trinajstić information content (AvgIpc) is 3.33. The van der Waals surface area contributed by atoms with Gasteiger partial charge in [-0.15, -0.1) is 11.3 Å². The van der Waals surface area contributed by atoms with Crippen molar-refractivity contribution in [3.05, 3.63) is 51.2 Å². The maximum atomic E-state index is 12.8. The second kappa shape index (κ2) is 11.4. The van der Waals surface area contributed by atoms with E-state index in [1.165, 1.54) is 30.6 Å². The molecule has 2 fully saturated rings. The maximum Gasteiger partial charge on any atom is 0.227 e. The fourth-order valence-corrected chi connectivity index (χ4v) is 7.02. The molecule has 188 valence electrons. The molecule has 2 aliphatic heterocycles. The van der Waals surface area contributed by atoms with Gasteiger partial charge < -0.3 is 15.0 Å². The number of ketones is 1. The van der Waals surface area contributed by atoms with Crippen molar-refractivity contribution in [3.63, 3.8) is 0 Å². The maximum absolute atomic E-state index is 12.8. The number of piperidine rings is 1. The predicted octanol–water partition coefficient (Wildman–Crippen LogP) is 5.61. The molecule has 1 aromatic carbocycles. The number of fused-ring (bicyclic) bond motifs is 1. The standard InChI is InChI=1S/C28H35ClN2O3S/c29-24-12-16-35-27(24)26(32)20-10-14-31(15-11-20)13-9-19-5-7-23(8-6-19)30-28(33)22-17-21-3-1-2-4-25(21)34-18-22/h1-4,12,16,19-20,22-23H,5-11,13-15,17-18H2,(H,30,33)/t19-,22-,23-/m1/s1. The van der Waals surface area contributed by atoms with E-state index in [9.17, 15) is 9.59 Å². The van der Waals surface area contributed by atoms with Crippen LogP contribution in [0.2, 0.25) is 5.02 Å². The number of amides is 1. The first-order valence-electron chi connectivity index (χ1n) is 13.1. The molecule has 0 spiro atoms. The highest BCUT2D eigenvalue weighted by atomic mass is 35.5. The molecule has 1 atom stereocenters. The smallest absolute Gasteiger partial charge is 0.227 e. The molecule has 7 heteroatoms. The van der Waals surface area contributed by atoms with Gasteiger partial charge in [-0.3, -0.25) is 9.59 Å². The van der Waals surface area contributed by atoms with Gasteiger partial charge in [0.1, 0.15) is 12.4 Å². The number of rotatable bonds is 7. The molecular weight excluding hydrogens is 480 g/mol. The van der Waals surface area contributed by atoms with Crippen molar-refractivity contribution in [2.75, 3.05) is 26.2 Å². The van der Waals surface area contributed by atoms with E-state index < -0.39 is 0 Å². The molecule has 3 heterocycles. The summed E-state index contributed by atoms with van der Waals surface area (Å²) < 4.78 is 5.81. The van der Waals surface area contributed by atoms with Crippen molar-refractivity contribution in [2.24, 2.45) is 17.8 Å². The molecule has 35 heavy (non-hydrogen) atoms. The van der Waals surface area contributed by atoms with Gasteiger partial charge in [-0.1, -0.05) is 29.8 Å². The first kappa shape index (κ1) is 24.8. The van der Waals surface area contributed by atoms with Crippen LogP contribution in [0.3, 0.4) is 0 Å². The van der Waals surface area contributed by atoms with Crippen LogP contribution in [0.1, 0.15) is 60.2 Å². The Labute approximate surface area is 217 Å². The minimum atomic E-state index is -0.0896. The molecular formula is C28H35ClN2O3S. The molecule has 5 rings (SSSR count). The predicted molar refractivity (Wildman–Crippen MR) is 140 cm³/mol. The first-order valence-corrected chi connectivity index (χ1v) is 14.3. The summed E-state index contributed by atoms with van der Waals surface area (Å²) in [5, 5.41) is 5.81. The Morgan fingerprint density at radius 2 is 1.80 bits per heavy atom. The van der Waals surface area contributed by atoms with E-state index in [0.717, 1.165) is 73.8 Å². The number of hydrogen-bond acceptors (Lipinski definition) is 5. The minimum absolute atomic E-state index is 0.0896. The normalized spacial score (nSPS) is 25.5. The van der Waals surface area contributed by atoms with Crippen molar-refractivity contribution in [1.82, 2.24) is 10.2 Å². The summed E-state index contributed by atoms with van der Waals surface area (Å²) in [5.41, 5.74) is 1.13. The van der Waals surface area contributed by atoms with E-state index in [-0.39, 0.29) is 23.5 Å². The second-order valence-corrected chi connectivity index (χ2v) is 11.7. The molecule has 0 unspecified atom stereocenters. The van der Waals surface area contributed by atoms with Crippen LogP contribution in [-0.2, 0) is 11.2 Å². The zero-order chi connectivity index (χ0) is 24.2. The number of likely N-dealkylation sites (tertiary alicyclic amines) is 1. The summed E-state index contributed by atoms with van der Waals surface area (Å²) in [7, 11) is 0. The number of ether oxygens (including phenoxy) is 1. The molecule has 1 aliphatic carbocycles. The molecule has 1 N–H and O–H groups in total. The Morgan fingerprint density at radius 1 is 1.03 bits per heavy atom. The van der Waals surface area contributed by atoms with Gasteiger partial charge in [0.2, 0.25) is 5.91 Å². The summed E-state index contributed by atoms with van der Waals surface area (Å²) in [6.45, 7) is 3.58. The van der Waals surface area contributed by atoms with E-state index in [4.69, 9.17) is 16.3 Å².